The van der Waals surface area contributed by atoms with E-state index in [4.69, 9.17) is 13.3 Å². The summed E-state index contributed by atoms with van der Waals surface area (Å²) in [7, 11) is 1.46. The average Bonchev–Trinajstić information content (AvgIpc) is 2.37. The fraction of sp³-hybridized carbons (Fsp3) is 0.455. The Morgan fingerprint density at radius 3 is 1.89 bits per heavy atom. The third-order valence-electron chi connectivity index (χ3n) is 2.72. The van der Waals surface area contributed by atoms with E-state index in [-0.39, 0.29) is 18.0 Å². The lowest BCUT2D eigenvalue weighted by Gasteiger charge is -2.24. The summed E-state index contributed by atoms with van der Waals surface area (Å²) < 4.78 is 54.6. The van der Waals surface area contributed by atoms with Crippen LogP contribution in [0.15, 0.2) is 12.1 Å². The van der Waals surface area contributed by atoms with E-state index in [2.05, 4.69) is 0 Å². The van der Waals surface area contributed by atoms with Gasteiger partial charge in [0.15, 0.2) is 11.6 Å². The Balaban J connectivity index is 2.83. The van der Waals surface area contributed by atoms with Gasteiger partial charge in [-0.1, -0.05) is 0 Å². The monoisotopic (exact) mass is 280 g/mol. The normalized spacial score (nSPS) is 11.9. The number of benzene rings is 1. The molecule has 7 heteroatoms. The molecule has 0 aromatic heterocycles. The fourth-order valence-corrected chi connectivity index (χ4v) is 3.29. The smallest absolute Gasteiger partial charge is 0.377 e. The van der Waals surface area contributed by atoms with E-state index in [1.807, 2.05) is 0 Å². The molecule has 0 radical (unpaired) electrons. The summed E-state index contributed by atoms with van der Waals surface area (Å²) in [4.78, 5) is 0. The largest absolute Gasteiger partial charge is 0.500 e. The molecule has 3 nitrogen and oxygen atoms in total. The predicted octanol–water partition coefficient (Wildman–Crippen LogP) is 2.52. The summed E-state index contributed by atoms with van der Waals surface area (Å²) in [5.74, 6) is -3.07. The van der Waals surface area contributed by atoms with Gasteiger partial charge in [0.05, 0.1) is 0 Å². The van der Waals surface area contributed by atoms with Crippen LogP contribution >= 0.6 is 0 Å². The second-order valence-corrected chi connectivity index (χ2v) is 6.74. The molecule has 0 heterocycles. The summed E-state index contributed by atoms with van der Waals surface area (Å²) >= 11 is 0. The summed E-state index contributed by atoms with van der Waals surface area (Å²) in [6.45, 7) is 0. The first-order chi connectivity index (χ1) is 8.48. The minimum Gasteiger partial charge on any atom is -0.377 e. The van der Waals surface area contributed by atoms with E-state index in [1.54, 1.807) is 0 Å². The highest BCUT2D eigenvalue weighted by molar-refractivity contribution is 6.60. The lowest BCUT2D eigenvalue weighted by molar-refractivity contribution is 0.123. The van der Waals surface area contributed by atoms with Crippen LogP contribution in [0.3, 0.4) is 0 Å². The van der Waals surface area contributed by atoms with Crippen LogP contribution in [0.4, 0.5) is 13.2 Å². The van der Waals surface area contributed by atoms with Gasteiger partial charge in [-0.25, -0.2) is 13.2 Å². The van der Waals surface area contributed by atoms with E-state index in [9.17, 15) is 13.2 Å². The van der Waals surface area contributed by atoms with E-state index in [0.717, 1.165) is 6.07 Å². The lowest BCUT2D eigenvalue weighted by Crippen LogP contribution is -2.43. The zero-order valence-electron chi connectivity index (χ0n) is 10.4. The van der Waals surface area contributed by atoms with Crippen LogP contribution in [0.1, 0.15) is 5.56 Å². The molecule has 18 heavy (non-hydrogen) atoms. The zero-order chi connectivity index (χ0) is 13.8. The van der Waals surface area contributed by atoms with Crippen molar-refractivity contribution in [2.45, 2.75) is 12.5 Å². The first-order valence-electron chi connectivity index (χ1n) is 5.27. The Hall–Kier alpha value is -0.893. The quantitative estimate of drug-likeness (QED) is 0.592. The number of hydrogen-bond donors (Lipinski definition) is 0. The van der Waals surface area contributed by atoms with Crippen LogP contribution in [0.25, 0.3) is 0 Å². The van der Waals surface area contributed by atoms with Crippen molar-refractivity contribution in [3.8, 4) is 0 Å². The van der Waals surface area contributed by atoms with Crippen molar-refractivity contribution in [1.82, 2.24) is 0 Å². The van der Waals surface area contributed by atoms with Crippen LogP contribution in [-0.2, 0) is 19.7 Å². The molecule has 0 N–H and O–H groups in total. The molecule has 0 saturated heterocycles. The Morgan fingerprint density at radius 1 is 0.889 bits per heavy atom. The maximum Gasteiger partial charge on any atom is 0.500 e. The average molecular weight is 280 g/mol. The van der Waals surface area contributed by atoms with Crippen molar-refractivity contribution < 1.29 is 26.4 Å². The fourth-order valence-electron chi connectivity index (χ4n) is 1.60. The Labute approximate surface area is 105 Å². The maximum atomic E-state index is 13.4. The molecule has 1 aromatic carbocycles. The standard InChI is InChI=1S/C11H15F3O3Si/c1-15-18(16-2,17-3)5-4-8-6-10(13)11(14)7-9(8)12/h6-7H,4-5H2,1-3H3. The number of rotatable bonds is 6. The first kappa shape index (κ1) is 15.2. The summed E-state index contributed by atoms with van der Waals surface area (Å²) in [6.07, 6.45) is 0.144. The second kappa shape index (κ2) is 6.33. The predicted molar refractivity (Wildman–Crippen MR) is 61.6 cm³/mol. The highest BCUT2D eigenvalue weighted by Gasteiger charge is 2.37. The third-order valence-corrected chi connectivity index (χ3v) is 5.45. The van der Waals surface area contributed by atoms with Crippen LogP contribution < -0.4 is 0 Å². The molecule has 0 aliphatic heterocycles. The molecule has 0 fully saturated rings. The van der Waals surface area contributed by atoms with Gasteiger partial charge in [-0.3, -0.25) is 0 Å². The Morgan fingerprint density at radius 2 is 1.39 bits per heavy atom. The first-order valence-corrected chi connectivity index (χ1v) is 7.20. The van der Waals surface area contributed by atoms with Crippen LogP contribution in [0.5, 0.6) is 0 Å². The Kier molecular flexibility index (Phi) is 5.33. The number of hydrogen-bond acceptors (Lipinski definition) is 3. The molecule has 1 rings (SSSR count). The minimum absolute atomic E-state index is 0.0666. The van der Waals surface area contributed by atoms with E-state index in [0.29, 0.717) is 6.07 Å². The van der Waals surface area contributed by atoms with Crippen molar-refractivity contribution in [2.75, 3.05) is 21.3 Å². The molecule has 0 aliphatic carbocycles. The number of aryl methyl sites for hydroxylation is 1. The van der Waals surface area contributed by atoms with Crippen molar-refractivity contribution in [3.05, 3.63) is 35.1 Å². The van der Waals surface area contributed by atoms with Gasteiger partial charge >= 0.3 is 8.80 Å². The van der Waals surface area contributed by atoms with E-state index in [1.165, 1.54) is 21.3 Å². The molecule has 0 spiro atoms. The van der Waals surface area contributed by atoms with E-state index < -0.39 is 26.3 Å². The van der Waals surface area contributed by atoms with Crippen molar-refractivity contribution >= 4 is 8.80 Å². The van der Waals surface area contributed by atoms with E-state index >= 15 is 0 Å². The molecule has 0 saturated carbocycles. The Bertz CT molecular complexity index is 403. The van der Waals surface area contributed by atoms with Crippen LogP contribution in [-0.4, -0.2) is 30.1 Å². The van der Waals surface area contributed by atoms with Gasteiger partial charge in [-0.05, 0) is 18.1 Å². The molecule has 102 valence electrons. The molecule has 0 unspecified atom stereocenters. The van der Waals surface area contributed by atoms with Gasteiger partial charge in [0, 0.05) is 33.4 Å². The molecular weight excluding hydrogens is 265 g/mol. The van der Waals surface area contributed by atoms with Crippen molar-refractivity contribution in [1.29, 1.82) is 0 Å². The third kappa shape index (κ3) is 3.32. The maximum absolute atomic E-state index is 13.4. The van der Waals surface area contributed by atoms with Gasteiger partial charge in [0.1, 0.15) is 5.82 Å². The SMILES string of the molecule is CO[Si](CCc1cc(F)c(F)cc1F)(OC)OC. The van der Waals surface area contributed by atoms with Crippen LogP contribution in [0.2, 0.25) is 6.04 Å². The topological polar surface area (TPSA) is 27.7 Å². The summed E-state index contributed by atoms with van der Waals surface area (Å²) in [5.41, 5.74) is 0.0666. The second-order valence-electron chi connectivity index (χ2n) is 3.65. The molecule has 0 amide bonds. The van der Waals surface area contributed by atoms with Crippen molar-refractivity contribution in [3.63, 3.8) is 0 Å². The molecule has 0 bridgehead atoms. The van der Waals surface area contributed by atoms with Gasteiger partial charge in [0.25, 0.3) is 0 Å². The molecule has 1 aromatic rings. The summed E-state index contributed by atoms with van der Waals surface area (Å²) in [5, 5.41) is 0. The lowest BCUT2D eigenvalue weighted by atomic mass is 10.1. The van der Waals surface area contributed by atoms with Crippen LogP contribution in [0, 0.1) is 17.5 Å². The zero-order valence-corrected chi connectivity index (χ0v) is 11.4. The van der Waals surface area contributed by atoms with Gasteiger partial charge in [0.2, 0.25) is 0 Å². The van der Waals surface area contributed by atoms with Gasteiger partial charge in [-0.15, -0.1) is 0 Å². The highest BCUT2D eigenvalue weighted by atomic mass is 28.4. The molecular formula is C11H15F3O3Si. The van der Waals surface area contributed by atoms with Crippen molar-refractivity contribution in [2.24, 2.45) is 0 Å². The summed E-state index contributed by atoms with van der Waals surface area (Å²) in [6, 6.07) is 1.64. The highest BCUT2D eigenvalue weighted by Crippen LogP contribution is 2.20. The molecule has 0 atom stereocenters. The van der Waals surface area contributed by atoms with Gasteiger partial charge < -0.3 is 13.3 Å². The van der Waals surface area contributed by atoms with Gasteiger partial charge in [-0.2, -0.15) is 0 Å². The number of halogens is 3. The minimum atomic E-state index is -2.84. The molecule has 0 aliphatic rings.